The lowest BCUT2D eigenvalue weighted by Crippen LogP contribution is -2.02. The average Bonchev–Trinajstić information content (AvgIpc) is 2.73. The van der Waals surface area contributed by atoms with Gasteiger partial charge in [-0.3, -0.25) is 4.79 Å². The Kier molecular flexibility index (Phi) is 2.66. The number of nitrogens with zero attached hydrogens (tertiary/aromatic N) is 3. The second-order valence-corrected chi connectivity index (χ2v) is 3.30. The molecule has 7 heteroatoms. The third-order valence-electron chi connectivity index (χ3n) is 1.88. The Morgan fingerprint density at radius 3 is 2.75 bits per heavy atom. The van der Waals surface area contributed by atoms with Gasteiger partial charge >= 0.3 is 0 Å². The minimum Gasteiger partial charge on any atom is -0.296 e. The summed E-state index contributed by atoms with van der Waals surface area (Å²) < 4.78 is 27.7. The van der Waals surface area contributed by atoms with Gasteiger partial charge in [0.25, 0.3) is 0 Å². The minimum atomic E-state index is -0.955. The fourth-order valence-corrected chi connectivity index (χ4v) is 1.32. The van der Waals surface area contributed by atoms with Crippen LogP contribution in [-0.2, 0) is 0 Å². The Balaban J connectivity index is 2.63. The smallest absolute Gasteiger partial charge is 0.171 e. The van der Waals surface area contributed by atoms with E-state index in [0.29, 0.717) is 6.29 Å². The Bertz CT molecular complexity index is 556. The number of benzene rings is 1. The van der Waals surface area contributed by atoms with Crippen LogP contribution in [0, 0.1) is 11.6 Å². The number of hydrogen-bond donors (Lipinski definition) is 0. The van der Waals surface area contributed by atoms with Crippen LogP contribution in [0.1, 0.15) is 10.5 Å². The number of carbonyl (C=O) groups excluding carboxylic acids is 1. The van der Waals surface area contributed by atoms with Crippen molar-refractivity contribution in [3.63, 3.8) is 0 Å². The molecule has 2 aromatic rings. The first kappa shape index (κ1) is 10.7. The molecule has 1 aromatic heterocycles. The van der Waals surface area contributed by atoms with Crippen LogP contribution >= 0.6 is 11.6 Å². The van der Waals surface area contributed by atoms with Crippen LogP contribution < -0.4 is 0 Å². The second-order valence-electron chi connectivity index (χ2n) is 2.90. The molecule has 0 radical (unpaired) electrons. The van der Waals surface area contributed by atoms with Gasteiger partial charge < -0.3 is 0 Å². The van der Waals surface area contributed by atoms with E-state index in [-0.39, 0.29) is 10.7 Å². The summed E-state index contributed by atoms with van der Waals surface area (Å²) in [5.41, 5.74) is -0.494. The van der Waals surface area contributed by atoms with Gasteiger partial charge in [0.2, 0.25) is 0 Å². The van der Waals surface area contributed by atoms with Gasteiger partial charge in [-0.2, -0.15) is 0 Å². The summed E-state index contributed by atoms with van der Waals surface area (Å²) in [6, 6.07) is 2.09. The fraction of sp³-hybridized carbons (Fsp3) is 0. The van der Waals surface area contributed by atoms with Crippen molar-refractivity contribution in [2.75, 3.05) is 0 Å². The largest absolute Gasteiger partial charge is 0.296 e. The van der Waals surface area contributed by atoms with Crippen LogP contribution in [-0.4, -0.2) is 21.3 Å². The van der Waals surface area contributed by atoms with Crippen LogP contribution in [0.15, 0.2) is 18.3 Å². The van der Waals surface area contributed by atoms with E-state index in [1.54, 1.807) is 0 Å². The normalized spacial score (nSPS) is 10.4. The summed E-state index contributed by atoms with van der Waals surface area (Å²) in [4.78, 5) is 10.4. The van der Waals surface area contributed by atoms with Crippen LogP contribution in [0.25, 0.3) is 5.69 Å². The van der Waals surface area contributed by atoms with Crippen LogP contribution in [0.3, 0.4) is 0 Å². The Labute approximate surface area is 93.4 Å². The van der Waals surface area contributed by atoms with Crippen molar-refractivity contribution >= 4 is 17.9 Å². The van der Waals surface area contributed by atoms with E-state index >= 15 is 0 Å². The van der Waals surface area contributed by atoms with E-state index in [2.05, 4.69) is 10.3 Å². The number of aromatic nitrogens is 3. The predicted molar refractivity (Wildman–Crippen MR) is 51.7 cm³/mol. The SMILES string of the molecule is O=Cc1cn(-c2c(F)ccc(Cl)c2F)nn1. The van der Waals surface area contributed by atoms with Crippen LogP contribution in [0.2, 0.25) is 5.02 Å². The molecular formula is C9H4ClF2N3O. The zero-order valence-corrected chi connectivity index (χ0v) is 8.45. The predicted octanol–water partition coefficient (Wildman–Crippen LogP) is 2.01. The highest BCUT2D eigenvalue weighted by atomic mass is 35.5. The standard InChI is InChI=1S/C9H4ClF2N3O/c10-6-1-2-7(11)9(8(6)12)15-3-5(4-16)13-14-15/h1-4H. The maximum atomic E-state index is 13.5. The van der Waals surface area contributed by atoms with E-state index in [1.165, 1.54) is 0 Å². The quantitative estimate of drug-likeness (QED) is 0.599. The van der Waals surface area contributed by atoms with Crippen molar-refractivity contribution in [3.8, 4) is 5.69 Å². The highest BCUT2D eigenvalue weighted by molar-refractivity contribution is 6.30. The molecule has 0 aliphatic heterocycles. The van der Waals surface area contributed by atoms with E-state index in [9.17, 15) is 13.6 Å². The molecule has 0 bridgehead atoms. The van der Waals surface area contributed by atoms with Gasteiger partial charge in [0.1, 0.15) is 11.4 Å². The number of rotatable bonds is 2. The van der Waals surface area contributed by atoms with E-state index < -0.39 is 17.3 Å². The molecule has 0 saturated carbocycles. The van der Waals surface area contributed by atoms with E-state index in [0.717, 1.165) is 23.0 Å². The van der Waals surface area contributed by atoms with Crippen molar-refractivity contribution in [1.82, 2.24) is 15.0 Å². The lowest BCUT2D eigenvalue weighted by atomic mass is 10.3. The Hall–Kier alpha value is -1.82. The monoisotopic (exact) mass is 243 g/mol. The van der Waals surface area contributed by atoms with Crippen LogP contribution in [0.5, 0.6) is 0 Å². The van der Waals surface area contributed by atoms with Gasteiger partial charge in [-0.1, -0.05) is 16.8 Å². The van der Waals surface area contributed by atoms with E-state index in [1.807, 2.05) is 0 Å². The first-order valence-electron chi connectivity index (χ1n) is 4.15. The first-order chi connectivity index (χ1) is 7.63. The van der Waals surface area contributed by atoms with Gasteiger partial charge in [0, 0.05) is 0 Å². The Morgan fingerprint density at radius 1 is 1.38 bits per heavy atom. The molecule has 0 amide bonds. The van der Waals surface area contributed by atoms with Gasteiger partial charge in [-0.05, 0) is 12.1 Å². The van der Waals surface area contributed by atoms with Crippen molar-refractivity contribution in [2.45, 2.75) is 0 Å². The zero-order chi connectivity index (χ0) is 11.7. The molecule has 0 spiro atoms. The molecule has 1 heterocycles. The molecule has 0 unspecified atom stereocenters. The minimum absolute atomic E-state index is 0.0289. The van der Waals surface area contributed by atoms with Gasteiger partial charge in [0.15, 0.2) is 17.9 Å². The third-order valence-corrected chi connectivity index (χ3v) is 2.17. The van der Waals surface area contributed by atoms with Gasteiger partial charge in [-0.15, -0.1) is 5.10 Å². The van der Waals surface area contributed by atoms with Crippen LogP contribution in [0.4, 0.5) is 8.78 Å². The maximum absolute atomic E-state index is 13.5. The topological polar surface area (TPSA) is 47.8 Å². The van der Waals surface area contributed by atoms with Crippen molar-refractivity contribution in [1.29, 1.82) is 0 Å². The lowest BCUT2D eigenvalue weighted by Gasteiger charge is -2.04. The highest BCUT2D eigenvalue weighted by Gasteiger charge is 2.16. The summed E-state index contributed by atoms with van der Waals surface area (Å²) in [6.07, 6.45) is 1.52. The summed E-state index contributed by atoms with van der Waals surface area (Å²) >= 11 is 5.50. The van der Waals surface area contributed by atoms with Crippen molar-refractivity contribution < 1.29 is 13.6 Å². The van der Waals surface area contributed by atoms with Gasteiger partial charge in [0.05, 0.1) is 11.2 Å². The molecule has 82 valence electrons. The molecule has 0 fully saturated rings. The lowest BCUT2D eigenvalue weighted by molar-refractivity contribution is 0.111. The molecular weight excluding hydrogens is 240 g/mol. The first-order valence-corrected chi connectivity index (χ1v) is 4.52. The molecule has 0 saturated heterocycles. The summed E-state index contributed by atoms with van der Waals surface area (Å²) in [7, 11) is 0. The zero-order valence-electron chi connectivity index (χ0n) is 7.69. The summed E-state index contributed by atoms with van der Waals surface area (Å²) in [5.74, 6) is -1.80. The molecule has 0 atom stereocenters. The summed E-state index contributed by atoms with van der Waals surface area (Å²) in [6.45, 7) is 0. The fourth-order valence-electron chi connectivity index (χ4n) is 1.17. The van der Waals surface area contributed by atoms with Gasteiger partial charge in [-0.25, -0.2) is 13.5 Å². The highest BCUT2D eigenvalue weighted by Crippen LogP contribution is 2.23. The number of hydrogen-bond acceptors (Lipinski definition) is 3. The maximum Gasteiger partial charge on any atom is 0.171 e. The second kappa shape index (κ2) is 3.97. The third kappa shape index (κ3) is 1.67. The molecule has 0 aliphatic rings. The molecule has 4 nitrogen and oxygen atoms in total. The van der Waals surface area contributed by atoms with E-state index in [4.69, 9.17) is 11.6 Å². The molecule has 16 heavy (non-hydrogen) atoms. The Morgan fingerprint density at radius 2 is 2.12 bits per heavy atom. The number of aldehydes is 1. The van der Waals surface area contributed by atoms with Crippen molar-refractivity contribution in [2.24, 2.45) is 0 Å². The molecule has 0 N–H and O–H groups in total. The van der Waals surface area contributed by atoms with Crippen molar-refractivity contribution in [3.05, 3.63) is 40.7 Å². The summed E-state index contributed by atoms with van der Waals surface area (Å²) in [5, 5.41) is 6.57. The average molecular weight is 244 g/mol. The number of carbonyl (C=O) groups is 1. The molecule has 0 aliphatic carbocycles. The number of halogens is 3. The molecule has 1 aromatic carbocycles. The molecule has 2 rings (SSSR count).